The van der Waals surface area contributed by atoms with E-state index in [2.05, 4.69) is 17.4 Å². The van der Waals surface area contributed by atoms with Crippen molar-refractivity contribution in [2.24, 2.45) is 5.92 Å². The summed E-state index contributed by atoms with van der Waals surface area (Å²) in [7, 11) is 0. The summed E-state index contributed by atoms with van der Waals surface area (Å²) in [6, 6.07) is 20.2. The number of ether oxygens (including phenoxy) is 1. The maximum Gasteiger partial charge on any atom is 0.246 e. The summed E-state index contributed by atoms with van der Waals surface area (Å²) >= 11 is 0. The van der Waals surface area contributed by atoms with Crippen molar-refractivity contribution in [3.63, 3.8) is 0 Å². The van der Waals surface area contributed by atoms with E-state index in [-0.39, 0.29) is 18.6 Å². The van der Waals surface area contributed by atoms with Gasteiger partial charge in [-0.05, 0) is 29.9 Å². The molecule has 0 bridgehead atoms. The predicted molar refractivity (Wildman–Crippen MR) is 86.1 cm³/mol. The Morgan fingerprint density at radius 1 is 1.05 bits per heavy atom. The number of hydrogen-bond donors (Lipinski definition) is 1. The van der Waals surface area contributed by atoms with E-state index in [1.165, 1.54) is 18.4 Å². The molecule has 1 fully saturated rings. The highest BCUT2D eigenvalue weighted by Gasteiger charge is 2.33. The smallest absolute Gasteiger partial charge is 0.246 e. The zero-order valence-electron chi connectivity index (χ0n) is 12.6. The molecule has 1 N–H and O–H groups in total. The second-order valence-corrected chi connectivity index (χ2v) is 5.77. The fraction of sp³-hybridized carbons (Fsp3) is 0.316. The zero-order valence-corrected chi connectivity index (χ0v) is 12.6. The summed E-state index contributed by atoms with van der Waals surface area (Å²) in [4.78, 5) is 12.1. The molecule has 1 aliphatic carbocycles. The number of rotatable bonds is 7. The van der Waals surface area contributed by atoms with Crippen LogP contribution in [0.3, 0.4) is 0 Å². The lowest BCUT2D eigenvalue weighted by Crippen LogP contribution is -2.32. The highest BCUT2D eigenvalue weighted by Crippen LogP contribution is 2.40. The Morgan fingerprint density at radius 2 is 1.68 bits per heavy atom. The van der Waals surface area contributed by atoms with Gasteiger partial charge in [-0.15, -0.1) is 0 Å². The first-order chi connectivity index (χ1) is 10.8. The van der Waals surface area contributed by atoms with Crippen molar-refractivity contribution in [2.75, 3.05) is 6.61 Å². The molecule has 0 aliphatic heterocycles. The fourth-order valence-corrected chi connectivity index (χ4v) is 2.61. The van der Waals surface area contributed by atoms with E-state index < -0.39 is 0 Å². The third kappa shape index (κ3) is 4.18. The van der Waals surface area contributed by atoms with E-state index in [0.29, 0.717) is 12.5 Å². The number of benzene rings is 2. The molecule has 0 spiro atoms. The van der Waals surface area contributed by atoms with Gasteiger partial charge in [0.15, 0.2) is 0 Å². The topological polar surface area (TPSA) is 38.3 Å². The van der Waals surface area contributed by atoms with E-state index in [1.807, 2.05) is 48.5 Å². The molecule has 0 saturated heterocycles. The van der Waals surface area contributed by atoms with Crippen LogP contribution in [0.4, 0.5) is 0 Å². The summed E-state index contributed by atoms with van der Waals surface area (Å²) < 4.78 is 5.51. The van der Waals surface area contributed by atoms with Gasteiger partial charge in [0, 0.05) is 0 Å². The predicted octanol–water partition coefficient (Wildman–Crippen LogP) is 3.47. The second-order valence-electron chi connectivity index (χ2n) is 5.77. The quantitative estimate of drug-likeness (QED) is 0.849. The van der Waals surface area contributed by atoms with Crippen LogP contribution in [0.25, 0.3) is 0 Å². The van der Waals surface area contributed by atoms with Gasteiger partial charge in [-0.3, -0.25) is 4.79 Å². The van der Waals surface area contributed by atoms with Crippen LogP contribution in [0.2, 0.25) is 0 Å². The van der Waals surface area contributed by atoms with Gasteiger partial charge < -0.3 is 10.1 Å². The van der Waals surface area contributed by atoms with Crippen LogP contribution in [-0.4, -0.2) is 12.5 Å². The Balaban J connectivity index is 1.49. The molecule has 0 heterocycles. The van der Waals surface area contributed by atoms with Crippen LogP contribution in [0.1, 0.15) is 30.0 Å². The first kappa shape index (κ1) is 14.8. The van der Waals surface area contributed by atoms with Crippen molar-refractivity contribution in [2.45, 2.75) is 25.5 Å². The van der Waals surface area contributed by atoms with Crippen molar-refractivity contribution < 1.29 is 9.53 Å². The minimum Gasteiger partial charge on any atom is -0.367 e. The minimum atomic E-state index is -0.0447. The maximum absolute atomic E-state index is 12.1. The third-order valence-electron chi connectivity index (χ3n) is 3.91. The van der Waals surface area contributed by atoms with Crippen LogP contribution < -0.4 is 5.32 Å². The van der Waals surface area contributed by atoms with Gasteiger partial charge in [-0.25, -0.2) is 0 Å². The van der Waals surface area contributed by atoms with Crippen LogP contribution in [0.15, 0.2) is 60.7 Å². The van der Waals surface area contributed by atoms with Crippen molar-refractivity contribution in [1.29, 1.82) is 0 Å². The summed E-state index contributed by atoms with van der Waals surface area (Å²) in [6.07, 6.45) is 2.37. The maximum atomic E-state index is 12.1. The van der Waals surface area contributed by atoms with E-state index in [9.17, 15) is 4.79 Å². The molecule has 3 rings (SSSR count). The number of nitrogens with one attached hydrogen (secondary N) is 1. The Morgan fingerprint density at radius 3 is 2.32 bits per heavy atom. The SMILES string of the molecule is O=C(COCc1ccccc1)NC(c1ccccc1)C1CC1. The minimum absolute atomic E-state index is 0.0447. The monoisotopic (exact) mass is 295 g/mol. The van der Waals surface area contributed by atoms with Crippen molar-refractivity contribution in [3.05, 3.63) is 71.8 Å². The lowest BCUT2D eigenvalue weighted by Gasteiger charge is -2.18. The van der Waals surface area contributed by atoms with Gasteiger partial charge in [0.25, 0.3) is 0 Å². The average molecular weight is 295 g/mol. The Hall–Kier alpha value is -2.13. The van der Waals surface area contributed by atoms with E-state index in [4.69, 9.17) is 4.74 Å². The standard InChI is InChI=1S/C19H21NO2/c21-18(14-22-13-15-7-3-1-4-8-15)20-19(17-11-12-17)16-9-5-2-6-10-16/h1-10,17,19H,11-14H2,(H,20,21). The molecule has 2 aromatic rings. The van der Waals surface area contributed by atoms with Crippen molar-refractivity contribution in [3.8, 4) is 0 Å². The number of carbonyl (C=O) groups is 1. The zero-order chi connectivity index (χ0) is 15.2. The molecule has 0 radical (unpaired) electrons. The van der Waals surface area contributed by atoms with Crippen molar-refractivity contribution in [1.82, 2.24) is 5.32 Å². The average Bonchev–Trinajstić information content (AvgIpc) is 3.39. The Labute approximate surface area is 131 Å². The molecular weight excluding hydrogens is 274 g/mol. The molecule has 1 atom stereocenters. The highest BCUT2D eigenvalue weighted by molar-refractivity contribution is 5.77. The normalized spacial score (nSPS) is 15.3. The fourth-order valence-electron chi connectivity index (χ4n) is 2.61. The summed E-state index contributed by atoms with van der Waals surface area (Å²) in [5, 5.41) is 3.12. The van der Waals surface area contributed by atoms with E-state index in [0.717, 1.165) is 5.56 Å². The molecule has 114 valence electrons. The number of hydrogen-bond acceptors (Lipinski definition) is 2. The van der Waals surface area contributed by atoms with Gasteiger partial charge in [0.2, 0.25) is 5.91 Å². The number of carbonyl (C=O) groups excluding carboxylic acids is 1. The van der Waals surface area contributed by atoms with E-state index in [1.54, 1.807) is 0 Å². The number of amides is 1. The largest absolute Gasteiger partial charge is 0.367 e. The lowest BCUT2D eigenvalue weighted by molar-refractivity contribution is -0.127. The molecule has 1 saturated carbocycles. The Kier molecular flexibility index (Phi) is 4.86. The summed E-state index contributed by atoms with van der Waals surface area (Å²) in [5.74, 6) is 0.525. The first-order valence-corrected chi connectivity index (χ1v) is 7.79. The van der Waals surface area contributed by atoms with Crippen LogP contribution in [0.5, 0.6) is 0 Å². The van der Waals surface area contributed by atoms with Gasteiger partial charge in [-0.1, -0.05) is 60.7 Å². The van der Waals surface area contributed by atoms with Gasteiger partial charge in [-0.2, -0.15) is 0 Å². The molecule has 2 aromatic carbocycles. The van der Waals surface area contributed by atoms with Crippen LogP contribution >= 0.6 is 0 Å². The van der Waals surface area contributed by atoms with Gasteiger partial charge >= 0.3 is 0 Å². The highest BCUT2D eigenvalue weighted by atomic mass is 16.5. The molecule has 3 heteroatoms. The molecule has 1 amide bonds. The summed E-state index contributed by atoms with van der Waals surface area (Å²) in [6.45, 7) is 0.568. The van der Waals surface area contributed by atoms with Crippen LogP contribution in [-0.2, 0) is 16.1 Å². The van der Waals surface area contributed by atoms with Gasteiger partial charge in [0.1, 0.15) is 6.61 Å². The lowest BCUT2D eigenvalue weighted by atomic mass is 10.0. The van der Waals surface area contributed by atoms with Gasteiger partial charge in [0.05, 0.1) is 12.6 Å². The second kappa shape index (κ2) is 7.23. The molecule has 3 nitrogen and oxygen atoms in total. The molecule has 1 aliphatic rings. The molecule has 1 unspecified atom stereocenters. The Bertz CT molecular complexity index is 593. The third-order valence-corrected chi connectivity index (χ3v) is 3.91. The first-order valence-electron chi connectivity index (χ1n) is 7.79. The van der Waals surface area contributed by atoms with Crippen LogP contribution in [0, 0.1) is 5.92 Å². The molecule has 22 heavy (non-hydrogen) atoms. The van der Waals surface area contributed by atoms with Crippen molar-refractivity contribution >= 4 is 5.91 Å². The molecule has 0 aromatic heterocycles. The summed E-state index contributed by atoms with van der Waals surface area (Å²) in [5.41, 5.74) is 2.26. The van der Waals surface area contributed by atoms with E-state index >= 15 is 0 Å². The molecular formula is C19H21NO2.